The maximum atomic E-state index is 13.3. The first-order chi connectivity index (χ1) is 19.0. The number of aromatic nitrogens is 3. The number of carbonyl (C=O) groups excluding carboxylic acids is 2. The van der Waals surface area contributed by atoms with Gasteiger partial charge < -0.3 is 9.47 Å². The molecule has 204 valence electrons. The van der Waals surface area contributed by atoms with E-state index in [-0.39, 0.29) is 17.9 Å². The second-order valence-electron chi connectivity index (χ2n) is 11.0. The van der Waals surface area contributed by atoms with E-state index in [1.165, 1.54) is 25.7 Å². The fourth-order valence-corrected chi connectivity index (χ4v) is 5.99. The van der Waals surface area contributed by atoms with E-state index in [1.54, 1.807) is 24.4 Å². The van der Waals surface area contributed by atoms with Crippen LogP contribution in [-0.4, -0.2) is 67.9 Å². The van der Waals surface area contributed by atoms with Gasteiger partial charge in [-0.1, -0.05) is 23.7 Å². The number of halogens is 1. The van der Waals surface area contributed by atoms with Crippen molar-refractivity contribution in [3.8, 4) is 0 Å². The molecular formula is C30H35ClN6O2. The van der Waals surface area contributed by atoms with E-state index in [9.17, 15) is 9.59 Å². The van der Waals surface area contributed by atoms with Crippen molar-refractivity contribution in [3.63, 3.8) is 0 Å². The molecule has 3 aromatic rings. The van der Waals surface area contributed by atoms with Crippen LogP contribution < -0.4 is 5.32 Å². The molecule has 2 aliphatic carbocycles. The van der Waals surface area contributed by atoms with Crippen LogP contribution in [0.2, 0.25) is 5.02 Å². The average Bonchev–Trinajstić information content (AvgIpc) is 3.84. The molecule has 3 fully saturated rings. The number of likely N-dealkylation sites (tertiary alicyclic amines) is 1. The predicted octanol–water partition coefficient (Wildman–Crippen LogP) is 5.38. The number of carbonyl (C=O) groups is 2. The highest BCUT2D eigenvalue weighted by Crippen LogP contribution is 2.37. The molecule has 1 aliphatic heterocycles. The Balaban J connectivity index is 1.24. The summed E-state index contributed by atoms with van der Waals surface area (Å²) >= 11 is 6.69. The minimum atomic E-state index is -0.256. The predicted molar refractivity (Wildman–Crippen MR) is 153 cm³/mol. The lowest BCUT2D eigenvalue weighted by atomic mass is 10.1. The lowest BCUT2D eigenvalue weighted by Crippen LogP contribution is -2.35. The van der Waals surface area contributed by atoms with Crippen molar-refractivity contribution in [2.24, 2.45) is 0 Å². The molecule has 39 heavy (non-hydrogen) atoms. The molecule has 6 rings (SSSR count). The molecule has 0 spiro atoms. The average molecular weight is 547 g/mol. The quantitative estimate of drug-likeness (QED) is 0.383. The minimum Gasteiger partial charge on any atom is -0.337 e. The monoisotopic (exact) mass is 546 g/mol. The number of amides is 2. The number of hydrogen-bond donors (Lipinski definition) is 1. The molecule has 8 nitrogen and oxygen atoms in total. The van der Waals surface area contributed by atoms with Gasteiger partial charge in [0.15, 0.2) is 0 Å². The second kappa shape index (κ2) is 11.1. The summed E-state index contributed by atoms with van der Waals surface area (Å²) in [5, 5.41) is 3.59. The Labute approximate surface area is 234 Å². The molecule has 0 bridgehead atoms. The van der Waals surface area contributed by atoms with E-state index in [1.807, 2.05) is 40.7 Å². The van der Waals surface area contributed by atoms with Crippen molar-refractivity contribution in [2.45, 2.75) is 70.0 Å². The number of nitrogens with one attached hydrogen (secondary N) is 1. The molecule has 2 amide bonds. The van der Waals surface area contributed by atoms with Gasteiger partial charge in [0.2, 0.25) is 11.9 Å². The summed E-state index contributed by atoms with van der Waals surface area (Å²) < 4.78 is 2.03. The first-order valence-electron chi connectivity index (χ1n) is 14.1. The fourth-order valence-electron chi connectivity index (χ4n) is 5.73. The third kappa shape index (κ3) is 5.87. The second-order valence-corrected chi connectivity index (χ2v) is 11.5. The van der Waals surface area contributed by atoms with Crippen LogP contribution in [0.1, 0.15) is 67.0 Å². The van der Waals surface area contributed by atoms with Crippen molar-refractivity contribution < 1.29 is 9.59 Å². The molecular weight excluding hydrogens is 512 g/mol. The Hall–Kier alpha value is -3.23. The molecule has 3 heterocycles. The molecule has 9 heteroatoms. The molecule has 0 radical (unpaired) electrons. The number of aryl methyl sites for hydroxylation is 1. The Bertz CT molecular complexity index is 1400. The largest absolute Gasteiger partial charge is 0.337 e. The lowest BCUT2D eigenvalue weighted by Gasteiger charge is -2.26. The number of nitrogens with zero attached hydrogens (tertiary/aromatic N) is 5. The van der Waals surface area contributed by atoms with E-state index in [4.69, 9.17) is 16.6 Å². The first kappa shape index (κ1) is 26.0. The van der Waals surface area contributed by atoms with E-state index in [0.29, 0.717) is 47.2 Å². The molecule has 1 unspecified atom stereocenters. The molecule has 1 saturated heterocycles. The van der Waals surface area contributed by atoms with Crippen molar-refractivity contribution in [3.05, 3.63) is 65.0 Å². The van der Waals surface area contributed by atoms with Crippen LogP contribution in [0.4, 0.5) is 5.95 Å². The Kier molecular flexibility index (Phi) is 7.40. The van der Waals surface area contributed by atoms with Gasteiger partial charge in [0.25, 0.3) is 5.91 Å². The van der Waals surface area contributed by atoms with Gasteiger partial charge in [-0.2, -0.15) is 0 Å². The SMILES string of the molecule is Cc1cc(C(=O)Nc2nc3cccc(Cl)c3n2C2CCCCN(C(=O)C=CCN(C3CC3)C3CC3)C2)ccn1. The number of imidazole rings is 1. The van der Waals surface area contributed by atoms with Gasteiger partial charge in [-0.15, -0.1) is 0 Å². The highest BCUT2D eigenvalue weighted by molar-refractivity contribution is 6.35. The summed E-state index contributed by atoms with van der Waals surface area (Å²) in [5.41, 5.74) is 2.77. The number of rotatable bonds is 8. The van der Waals surface area contributed by atoms with Gasteiger partial charge in [0.05, 0.1) is 22.1 Å². The van der Waals surface area contributed by atoms with E-state index in [0.717, 1.165) is 37.0 Å². The van der Waals surface area contributed by atoms with E-state index < -0.39 is 0 Å². The third-order valence-electron chi connectivity index (χ3n) is 7.98. The summed E-state index contributed by atoms with van der Waals surface area (Å²) in [6, 6.07) is 10.4. The smallest absolute Gasteiger partial charge is 0.258 e. The molecule has 1 N–H and O–H groups in total. The van der Waals surface area contributed by atoms with Gasteiger partial charge in [-0.05, 0) is 76.1 Å². The van der Waals surface area contributed by atoms with Gasteiger partial charge in [-0.3, -0.25) is 24.8 Å². The van der Waals surface area contributed by atoms with Gasteiger partial charge >= 0.3 is 0 Å². The number of anilines is 1. The topological polar surface area (TPSA) is 83.4 Å². The van der Waals surface area contributed by atoms with Crippen LogP contribution in [-0.2, 0) is 4.79 Å². The Morgan fingerprint density at radius 3 is 2.67 bits per heavy atom. The Morgan fingerprint density at radius 2 is 1.92 bits per heavy atom. The number of hydrogen-bond acceptors (Lipinski definition) is 5. The van der Waals surface area contributed by atoms with Crippen molar-refractivity contribution in [1.82, 2.24) is 24.3 Å². The summed E-state index contributed by atoms with van der Waals surface area (Å²) in [7, 11) is 0. The molecule has 3 aliphatic rings. The first-order valence-corrected chi connectivity index (χ1v) is 14.5. The lowest BCUT2D eigenvalue weighted by molar-refractivity contribution is -0.126. The molecule has 2 aromatic heterocycles. The zero-order valence-corrected chi connectivity index (χ0v) is 23.1. The highest BCUT2D eigenvalue weighted by atomic mass is 35.5. The van der Waals surface area contributed by atoms with Crippen molar-refractivity contribution >= 4 is 40.4 Å². The van der Waals surface area contributed by atoms with Gasteiger partial charge in [0, 0.05) is 55.2 Å². The van der Waals surface area contributed by atoms with Crippen LogP contribution in [0.3, 0.4) is 0 Å². The third-order valence-corrected chi connectivity index (χ3v) is 8.28. The summed E-state index contributed by atoms with van der Waals surface area (Å²) in [4.78, 5) is 40.0. The van der Waals surface area contributed by atoms with Crippen molar-refractivity contribution in [1.29, 1.82) is 0 Å². The van der Waals surface area contributed by atoms with Crippen LogP contribution in [0.25, 0.3) is 11.0 Å². The summed E-state index contributed by atoms with van der Waals surface area (Å²) in [6.07, 6.45) is 13.3. The number of benzene rings is 1. The zero-order valence-electron chi connectivity index (χ0n) is 22.4. The zero-order chi connectivity index (χ0) is 26.9. The standard InChI is InChI=1S/C30H35ClN6O2/c1-20-18-21(14-15-32-20)29(39)34-30-33-26-8-4-7-25(31)28(26)37(30)24-6-2-3-16-35(19-24)27(38)9-5-17-36(22-10-11-22)23-12-13-23/h4-5,7-9,14-15,18,22-24H,2-3,6,10-13,16-17,19H2,1H3,(H,33,34,39). The number of para-hydroxylation sites is 1. The molecule has 2 saturated carbocycles. The van der Waals surface area contributed by atoms with Crippen LogP contribution >= 0.6 is 11.6 Å². The highest BCUT2D eigenvalue weighted by Gasteiger charge is 2.38. The van der Waals surface area contributed by atoms with Gasteiger partial charge in [-0.25, -0.2) is 4.98 Å². The van der Waals surface area contributed by atoms with Gasteiger partial charge in [0.1, 0.15) is 0 Å². The van der Waals surface area contributed by atoms with Crippen LogP contribution in [0.5, 0.6) is 0 Å². The maximum Gasteiger partial charge on any atom is 0.258 e. The summed E-state index contributed by atoms with van der Waals surface area (Å²) in [5.74, 6) is 0.229. The van der Waals surface area contributed by atoms with E-state index >= 15 is 0 Å². The number of pyridine rings is 1. The van der Waals surface area contributed by atoms with Crippen LogP contribution in [0.15, 0.2) is 48.7 Å². The Morgan fingerprint density at radius 1 is 1.13 bits per heavy atom. The molecule has 1 aromatic carbocycles. The number of fused-ring (bicyclic) bond motifs is 1. The normalized spacial score (nSPS) is 20.1. The summed E-state index contributed by atoms with van der Waals surface area (Å²) in [6.45, 7) is 3.95. The van der Waals surface area contributed by atoms with Crippen molar-refractivity contribution in [2.75, 3.05) is 25.0 Å². The maximum absolute atomic E-state index is 13.3. The fraction of sp³-hybridized carbons (Fsp3) is 0.467. The van der Waals surface area contributed by atoms with Crippen LogP contribution in [0, 0.1) is 6.92 Å². The minimum absolute atomic E-state index is 0.0433. The molecule has 1 atom stereocenters. The van der Waals surface area contributed by atoms with E-state index in [2.05, 4.69) is 15.2 Å².